The van der Waals surface area contributed by atoms with Gasteiger partial charge in [0.2, 0.25) is 13.6 Å². The average molecular weight is 512 g/mol. The van der Waals surface area contributed by atoms with Gasteiger partial charge in [-0.2, -0.15) is 0 Å². The molecule has 3 aromatic carbocycles. The van der Waals surface area contributed by atoms with Gasteiger partial charge in [-0.05, 0) is 48.7 Å². The zero-order chi connectivity index (χ0) is 25.9. The van der Waals surface area contributed by atoms with Crippen molar-refractivity contribution in [2.45, 2.75) is 52.9 Å². The van der Waals surface area contributed by atoms with Crippen LogP contribution in [0.2, 0.25) is 0 Å². The first-order chi connectivity index (χ1) is 18.7. The largest absolute Gasteiger partial charge is 0.454 e. The van der Waals surface area contributed by atoms with Crippen LogP contribution in [-0.2, 0) is 26.2 Å². The summed E-state index contributed by atoms with van der Waals surface area (Å²) in [6.45, 7) is 8.13. The summed E-state index contributed by atoms with van der Waals surface area (Å²) in [7, 11) is 0. The number of benzene rings is 3. The Labute approximate surface area is 223 Å². The van der Waals surface area contributed by atoms with Crippen LogP contribution in [0.1, 0.15) is 42.3 Å². The molecule has 0 saturated carbocycles. The van der Waals surface area contributed by atoms with E-state index >= 15 is 0 Å². The number of fused-ring (bicyclic) bond motifs is 2. The minimum atomic E-state index is 0.276. The molecule has 6 rings (SSSR count). The third-order valence-electron chi connectivity index (χ3n) is 7.10. The third-order valence-corrected chi connectivity index (χ3v) is 7.10. The van der Waals surface area contributed by atoms with E-state index in [4.69, 9.17) is 23.9 Å². The van der Waals surface area contributed by atoms with E-state index in [2.05, 4.69) is 77.9 Å². The normalized spacial score (nSPS) is 13.4. The van der Waals surface area contributed by atoms with Crippen molar-refractivity contribution in [3.05, 3.63) is 89.2 Å². The van der Waals surface area contributed by atoms with Gasteiger partial charge in [0.25, 0.3) is 0 Å². The summed E-state index contributed by atoms with van der Waals surface area (Å²) >= 11 is 0. The molecule has 2 aliphatic rings. The predicted molar refractivity (Wildman–Crippen MR) is 145 cm³/mol. The quantitative estimate of drug-likeness (QED) is 0.248. The van der Waals surface area contributed by atoms with Crippen molar-refractivity contribution in [1.82, 2.24) is 14.5 Å². The summed E-state index contributed by atoms with van der Waals surface area (Å²) < 4.78 is 24.8. The van der Waals surface area contributed by atoms with Gasteiger partial charge >= 0.3 is 0 Å². The Morgan fingerprint density at radius 3 is 1.97 bits per heavy atom. The highest BCUT2D eigenvalue weighted by molar-refractivity contribution is 5.57. The molecular formula is C31H33N3O4. The van der Waals surface area contributed by atoms with Crippen LogP contribution in [0.3, 0.4) is 0 Å². The fourth-order valence-electron chi connectivity index (χ4n) is 5.15. The number of hydrogen-bond donors (Lipinski definition) is 0. The van der Waals surface area contributed by atoms with Crippen molar-refractivity contribution >= 4 is 0 Å². The molecule has 0 saturated heterocycles. The molecule has 7 nitrogen and oxygen atoms in total. The van der Waals surface area contributed by atoms with Crippen molar-refractivity contribution in [2.75, 3.05) is 13.6 Å². The summed E-state index contributed by atoms with van der Waals surface area (Å²) in [6.07, 6.45) is 2.23. The SMILES string of the molecule is CCCCn1c(-c2ccccc2)nc(C)c1CN(Cc1ccc2c(c1)OCO2)Cc1ccc2c(c1)OCO2. The topological polar surface area (TPSA) is 58.0 Å². The van der Waals surface area contributed by atoms with Crippen molar-refractivity contribution in [3.63, 3.8) is 0 Å². The molecule has 0 spiro atoms. The predicted octanol–water partition coefficient (Wildman–Crippen LogP) is 6.32. The van der Waals surface area contributed by atoms with E-state index in [1.807, 2.05) is 12.1 Å². The molecule has 0 aliphatic carbocycles. The molecule has 1 aromatic heterocycles. The van der Waals surface area contributed by atoms with Gasteiger partial charge in [-0.3, -0.25) is 4.90 Å². The monoisotopic (exact) mass is 511 g/mol. The lowest BCUT2D eigenvalue weighted by atomic mass is 10.1. The average Bonchev–Trinajstić information content (AvgIpc) is 3.67. The van der Waals surface area contributed by atoms with E-state index in [-0.39, 0.29) is 13.6 Å². The van der Waals surface area contributed by atoms with Gasteiger partial charge in [-0.15, -0.1) is 0 Å². The molecule has 0 fully saturated rings. The highest BCUT2D eigenvalue weighted by atomic mass is 16.7. The Hall–Kier alpha value is -3.97. The molecule has 0 atom stereocenters. The van der Waals surface area contributed by atoms with E-state index < -0.39 is 0 Å². The van der Waals surface area contributed by atoms with Gasteiger partial charge in [-0.1, -0.05) is 55.8 Å². The number of ether oxygens (including phenoxy) is 4. The molecule has 2 aliphatic heterocycles. The van der Waals surface area contributed by atoms with Gasteiger partial charge in [0.05, 0.1) is 11.4 Å². The van der Waals surface area contributed by atoms with E-state index in [9.17, 15) is 0 Å². The molecule has 38 heavy (non-hydrogen) atoms. The minimum absolute atomic E-state index is 0.276. The van der Waals surface area contributed by atoms with Crippen molar-refractivity contribution in [2.24, 2.45) is 0 Å². The van der Waals surface area contributed by atoms with Crippen molar-refractivity contribution in [1.29, 1.82) is 0 Å². The molecule has 0 N–H and O–H groups in total. The lowest BCUT2D eigenvalue weighted by Crippen LogP contribution is -2.24. The molecule has 4 aromatic rings. The number of rotatable bonds is 10. The van der Waals surface area contributed by atoms with Crippen LogP contribution in [0, 0.1) is 6.92 Å². The fourth-order valence-corrected chi connectivity index (χ4v) is 5.15. The number of unbranched alkanes of at least 4 members (excludes halogenated alkanes) is 1. The number of aryl methyl sites for hydroxylation is 1. The first-order valence-electron chi connectivity index (χ1n) is 13.3. The molecule has 196 valence electrons. The minimum Gasteiger partial charge on any atom is -0.454 e. The highest BCUT2D eigenvalue weighted by Crippen LogP contribution is 2.35. The van der Waals surface area contributed by atoms with Crippen molar-refractivity contribution < 1.29 is 18.9 Å². The summed E-state index contributed by atoms with van der Waals surface area (Å²) in [6, 6.07) is 22.9. The third kappa shape index (κ3) is 5.07. The van der Waals surface area contributed by atoms with Crippen LogP contribution >= 0.6 is 0 Å². The maximum atomic E-state index is 5.66. The van der Waals surface area contributed by atoms with Gasteiger partial charge < -0.3 is 23.5 Å². The van der Waals surface area contributed by atoms with E-state index in [1.54, 1.807) is 0 Å². The number of aromatic nitrogens is 2. The molecule has 0 amide bonds. The number of hydrogen-bond acceptors (Lipinski definition) is 6. The summed E-state index contributed by atoms with van der Waals surface area (Å²) in [5.41, 5.74) is 5.82. The molecule has 7 heteroatoms. The second kappa shape index (κ2) is 10.8. The molecular weight excluding hydrogens is 478 g/mol. The van der Waals surface area contributed by atoms with Gasteiger partial charge in [0, 0.05) is 31.7 Å². The lowest BCUT2D eigenvalue weighted by Gasteiger charge is -2.24. The van der Waals surface area contributed by atoms with E-state index in [0.717, 1.165) is 79.1 Å². The van der Waals surface area contributed by atoms with Crippen LogP contribution in [0.25, 0.3) is 11.4 Å². The zero-order valence-electron chi connectivity index (χ0n) is 22.0. The Bertz CT molecular complexity index is 1360. The summed E-state index contributed by atoms with van der Waals surface area (Å²) in [5, 5.41) is 0. The summed E-state index contributed by atoms with van der Waals surface area (Å²) in [4.78, 5) is 7.51. The second-order valence-electron chi connectivity index (χ2n) is 9.86. The standard InChI is InChI=1S/C31H33N3O4/c1-3-4-14-34-26(22(2)32-31(34)25-8-6-5-7-9-25)19-33(17-23-10-12-27-29(15-23)37-20-35-27)18-24-11-13-28-30(16-24)38-21-36-28/h5-13,15-16H,3-4,14,17-21H2,1-2H3. The molecule has 3 heterocycles. The first-order valence-corrected chi connectivity index (χ1v) is 13.3. The molecule has 0 unspecified atom stereocenters. The van der Waals surface area contributed by atoms with Crippen LogP contribution in [0.5, 0.6) is 23.0 Å². The Morgan fingerprint density at radius 1 is 0.763 bits per heavy atom. The molecule has 0 bridgehead atoms. The van der Waals surface area contributed by atoms with Gasteiger partial charge in [0.15, 0.2) is 23.0 Å². The van der Waals surface area contributed by atoms with Crippen LogP contribution in [-0.4, -0.2) is 28.0 Å². The smallest absolute Gasteiger partial charge is 0.231 e. The maximum Gasteiger partial charge on any atom is 0.231 e. The van der Waals surface area contributed by atoms with Crippen LogP contribution < -0.4 is 18.9 Å². The van der Waals surface area contributed by atoms with Gasteiger partial charge in [0.1, 0.15) is 5.82 Å². The van der Waals surface area contributed by atoms with Crippen molar-refractivity contribution in [3.8, 4) is 34.4 Å². The number of imidazole rings is 1. The lowest BCUT2D eigenvalue weighted by molar-refractivity contribution is 0.173. The number of nitrogens with zero attached hydrogens (tertiary/aromatic N) is 3. The Balaban J connectivity index is 1.34. The van der Waals surface area contributed by atoms with Crippen LogP contribution in [0.4, 0.5) is 0 Å². The zero-order valence-corrected chi connectivity index (χ0v) is 22.0. The maximum absolute atomic E-state index is 5.66. The highest BCUT2D eigenvalue weighted by Gasteiger charge is 2.21. The first kappa shape index (κ1) is 24.4. The Kier molecular flexibility index (Phi) is 6.92. The fraction of sp³-hybridized carbons (Fsp3) is 0.323. The second-order valence-corrected chi connectivity index (χ2v) is 9.86. The summed E-state index contributed by atoms with van der Waals surface area (Å²) in [5.74, 6) is 4.26. The van der Waals surface area contributed by atoms with E-state index in [0.29, 0.717) is 0 Å². The van der Waals surface area contributed by atoms with Gasteiger partial charge in [-0.25, -0.2) is 4.98 Å². The Morgan fingerprint density at radius 2 is 1.37 bits per heavy atom. The van der Waals surface area contributed by atoms with E-state index in [1.165, 1.54) is 16.8 Å². The van der Waals surface area contributed by atoms with Crippen LogP contribution in [0.15, 0.2) is 66.7 Å². The molecule has 0 radical (unpaired) electrons.